The van der Waals surface area contributed by atoms with Crippen LogP contribution < -0.4 is 10.2 Å². The van der Waals surface area contributed by atoms with E-state index < -0.39 is 0 Å². The number of fused-ring (bicyclic) bond motifs is 1. The molecule has 2 aromatic carbocycles. The predicted molar refractivity (Wildman–Crippen MR) is 124 cm³/mol. The third-order valence-electron chi connectivity index (χ3n) is 5.33. The summed E-state index contributed by atoms with van der Waals surface area (Å²) in [5.41, 5.74) is 4.74. The number of imidazole rings is 1. The van der Waals surface area contributed by atoms with Crippen molar-refractivity contribution in [3.63, 3.8) is 0 Å². The Kier molecular flexibility index (Phi) is 6.26. The molecule has 158 valence electrons. The monoisotopic (exact) mass is 413 g/mol. The molecule has 6 nitrogen and oxygen atoms in total. The van der Waals surface area contributed by atoms with Crippen LogP contribution in [0, 0.1) is 0 Å². The van der Waals surface area contributed by atoms with Gasteiger partial charge in [-0.05, 0) is 48.4 Å². The van der Waals surface area contributed by atoms with Gasteiger partial charge in [-0.3, -0.25) is 4.79 Å². The number of hydrogen-bond acceptors (Lipinski definition) is 4. The van der Waals surface area contributed by atoms with Gasteiger partial charge in [0.1, 0.15) is 11.3 Å². The fourth-order valence-electron chi connectivity index (χ4n) is 3.63. The number of nitrogens with one attached hydrogen (secondary N) is 1. The molecule has 1 amide bonds. The zero-order valence-corrected chi connectivity index (χ0v) is 18.0. The maximum Gasteiger partial charge on any atom is 0.251 e. The van der Waals surface area contributed by atoms with Crippen molar-refractivity contribution in [2.45, 2.75) is 19.4 Å². The van der Waals surface area contributed by atoms with E-state index in [0.717, 1.165) is 35.5 Å². The summed E-state index contributed by atoms with van der Waals surface area (Å²) in [5, 5.41) is 3.02. The highest BCUT2D eigenvalue weighted by molar-refractivity contribution is 5.94. The van der Waals surface area contributed by atoms with E-state index in [9.17, 15) is 4.79 Å². The van der Waals surface area contributed by atoms with Crippen molar-refractivity contribution >= 4 is 22.8 Å². The topological polar surface area (TPSA) is 63.1 Å². The molecule has 0 bridgehead atoms. The molecule has 0 atom stereocenters. The van der Waals surface area contributed by atoms with Gasteiger partial charge in [0.05, 0.1) is 0 Å². The minimum atomic E-state index is -0.0754. The number of carbonyl (C=O) groups is 1. The number of amides is 1. The van der Waals surface area contributed by atoms with Gasteiger partial charge in [-0.25, -0.2) is 9.97 Å². The summed E-state index contributed by atoms with van der Waals surface area (Å²) < 4.78 is 2.12. The van der Waals surface area contributed by atoms with Crippen molar-refractivity contribution in [3.8, 4) is 0 Å². The van der Waals surface area contributed by atoms with Crippen LogP contribution in [0.1, 0.15) is 21.7 Å². The Hall–Kier alpha value is -3.67. The Morgan fingerprint density at radius 1 is 0.968 bits per heavy atom. The van der Waals surface area contributed by atoms with Crippen LogP contribution in [-0.4, -0.2) is 41.1 Å². The summed E-state index contributed by atoms with van der Waals surface area (Å²) in [7, 11) is 3.96. The predicted octanol–water partition coefficient (Wildman–Crippen LogP) is 3.71. The van der Waals surface area contributed by atoms with Gasteiger partial charge in [0.2, 0.25) is 0 Å². The molecule has 2 aromatic heterocycles. The zero-order valence-electron chi connectivity index (χ0n) is 18.0. The second kappa shape index (κ2) is 9.43. The van der Waals surface area contributed by atoms with E-state index in [0.29, 0.717) is 18.7 Å². The third-order valence-corrected chi connectivity index (χ3v) is 5.33. The van der Waals surface area contributed by atoms with Gasteiger partial charge >= 0.3 is 0 Å². The molecule has 0 aliphatic carbocycles. The van der Waals surface area contributed by atoms with Crippen LogP contribution in [0.4, 0.5) is 5.69 Å². The van der Waals surface area contributed by atoms with Crippen molar-refractivity contribution < 1.29 is 4.79 Å². The summed E-state index contributed by atoms with van der Waals surface area (Å²) in [5.74, 6) is 0.913. The fourth-order valence-corrected chi connectivity index (χ4v) is 3.63. The van der Waals surface area contributed by atoms with E-state index in [1.807, 2.05) is 61.5 Å². The molecule has 2 heterocycles. The molecule has 4 aromatic rings. The molecular formula is C25H27N5O. The van der Waals surface area contributed by atoms with Crippen molar-refractivity contribution in [3.05, 3.63) is 89.9 Å². The van der Waals surface area contributed by atoms with Crippen molar-refractivity contribution in [2.75, 3.05) is 25.5 Å². The van der Waals surface area contributed by atoms with Gasteiger partial charge in [0, 0.05) is 51.1 Å². The van der Waals surface area contributed by atoms with E-state index in [1.165, 1.54) is 5.56 Å². The van der Waals surface area contributed by atoms with Gasteiger partial charge in [-0.2, -0.15) is 0 Å². The molecule has 0 saturated carbocycles. The first-order chi connectivity index (χ1) is 15.1. The quantitative estimate of drug-likeness (QED) is 0.478. The lowest BCUT2D eigenvalue weighted by molar-refractivity contribution is 0.0952. The lowest BCUT2D eigenvalue weighted by Crippen LogP contribution is -2.27. The molecule has 6 heteroatoms. The fraction of sp³-hybridized carbons (Fsp3) is 0.240. The zero-order chi connectivity index (χ0) is 21.6. The second-order valence-corrected chi connectivity index (χ2v) is 7.71. The van der Waals surface area contributed by atoms with E-state index in [2.05, 4.69) is 39.1 Å². The number of anilines is 1. The molecule has 1 N–H and O–H groups in total. The SMILES string of the molecule is CN(C)c1ccc(C(=O)NCCn2c(CCc3ccccc3)nc3cccnc32)cc1. The Morgan fingerprint density at radius 2 is 1.74 bits per heavy atom. The van der Waals surface area contributed by atoms with E-state index in [4.69, 9.17) is 4.98 Å². The molecular weight excluding hydrogens is 386 g/mol. The number of hydrogen-bond donors (Lipinski definition) is 1. The summed E-state index contributed by atoms with van der Waals surface area (Å²) in [6.07, 6.45) is 3.52. The normalized spacial score (nSPS) is 10.9. The maximum absolute atomic E-state index is 12.5. The third kappa shape index (κ3) is 4.91. The Bertz CT molecular complexity index is 1150. The molecule has 0 radical (unpaired) electrons. The minimum Gasteiger partial charge on any atom is -0.378 e. The highest BCUT2D eigenvalue weighted by atomic mass is 16.1. The number of benzene rings is 2. The number of rotatable bonds is 8. The van der Waals surface area contributed by atoms with Crippen LogP contribution >= 0.6 is 0 Å². The average Bonchev–Trinajstić information content (AvgIpc) is 3.16. The van der Waals surface area contributed by atoms with Gasteiger partial charge < -0.3 is 14.8 Å². The lowest BCUT2D eigenvalue weighted by Gasteiger charge is -2.13. The highest BCUT2D eigenvalue weighted by Gasteiger charge is 2.12. The summed E-state index contributed by atoms with van der Waals surface area (Å²) >= 11 is 0. The van der Waals surface area contributed by atoms with Gasteiger partial charge in [0.25, 0.3) is 5.91 Å². The van der Waals surface area contributed by atoms with Crippen LogP contribution in [-0.2, 0) is 19.4 Å². The van der Waals surface area contributed by atoms with Crippen LogP contribution in [0.5, 0.6) is 0 Å². The first-order valence-corrected chi connectivity index (χ1v) is 10.5. The van der Waals surface area contributed by atoms with E-state index >= 15 is 0 Å². The summed E-state index contributed by atoms with van der Waals surface area (Å²) in [4.78, 5) is 23.9. The van der Waals surface area contributed by atoms with Crippen LogP contribution in [0.3, 0.4) is 0 Å². The number of aromatic nitrogens is 3. The molecule has 0 saturated heterocycles. The molecule has 4 rings (SSSR count). The second-order valence-electron chi connectivity index (χ2n) is 7.71. The van der Waals surface area contributed by atoms with Crippen LogP contribution in [0.15, 0.2) is 72.9 Å². The molecule has 0 fully saturated rings. The van der Waals surface area contributed by atoms with Gasteiger partial charge in [-0.1, -0.05) is 30.3 Å². The first kappa shape index (κ1) is 20.6. The Balaban J connectivity index is 1.44. The molecule has 0 unspecified atom stereocenters. The highest BCUT2D eigenvalue weighted by Crippen LogP contribution is 2.16. The number of aryl methyl sites for hydroxylation is 2. The number of carbonyl (C=O) groups excluding carboxylic acids is 1. The Labute approximate surface area is 182 Å². The van der Waals surface area contributed by atoms with E-state index in [-0.39, 0.29) is 5.91 Å². The van der Waals surface area contributed by atoms with Gasteiger partial charge in [-0.15, -0.1) is 0 Å². The Morgan fingerprint density at radius 3 is 2.48 bits per heavy atom. The van der Waals surface area contributed by atoms with Crippen molar-refractivity contribution in [2.24, 2.45) is 0 Å². The maximum atomic E-state index is 12.5. The largest absolute Gasteiger partial charge is 0.378 e. The first-order valence-electron chi connectivity index (χ1n) is 10.5. The minimum absolute atomic E-state index is 0.0754. The lowest BCUT2D eigenvalue weighted by atomic mass is 10.1. The molecule has 31 heavy (non-hydrogen) atoms. The van der Waals surface area contributed by atoms with Crippen molar-refractivity contribution in [1.29, 1.82) is 0 Å². The molecule has 0 aliphatic heterocycles. The van der Waals surface area contributed by atoms with Crippen LogP contribution in [0.25, 0.3) is 11.2 Å². The van der Waals surface area contributed by atoms with Crippen LogP contribution in [0.2, 0.25) is 0 Å². The van der Waals surface area contributed by atoms with Crippen molar-refractivity contribution in [1.82, 2.24) is 19.9 Å². The molecule has 0 aliphatic rings. The average molecular weight is 414 g/mol. The van der Waals surface area contributed by atoms with Gasteiger partial charge in [0.15, 0.2) is 5.65 Å². The molecule has 0 spiro atoms. The summed E-state index contributed by atoms with van der Waals surface area (Å²) in [6.45, 7) is 1.13. The summed E-state index contributed by atoms with van der Waals surface area (Å²) in [6, 6.07) is 21.9. The standard InChI is InChI=1S/C25H27N5O/c1-29(2)21-13-11-20(12-14-21)25(31)27-17-18-30-23(15-10-19-7-4-3-5-8-19)28-22-9-6-16-26-24(22)30/h3-9,11-14,16H,10,15,17-18H2,1-2H3,(H,27,31). The van der Waals surface area contributed by atoms with E-state index in [1.54, 1.807) is 6.20 Å². The number of nitrogens with zero attached hydrogens (tertiary/aromatic N) is 4. The smallest absolute Gasteiger partial charge is 0.251 e. The number of pyridine rings is 1.